The van der Waals surface area contributed by atoms with E-state index in [9.17, 15) is 0 Å². The lowest BCUT2D eigenvalue weighted by Crippen LogP contribution is -2.16. The van der Waals surface area contributed by atoms with Crippen molar-refractivity contribution in [2.45, 2.75) is 32.7 Å². The summed E-state index contributed by atoms with van der Waals surface area (Å²) in [6.07, 6.45) is 0. The van der Waals surface area contributed by atoms with Gasteiger partial charge in [-0.1, -0.05) is 69.3 Å². The zero-order valence-corrected chi connectivity index (χ0v) is 13.3. The lowest BCUT2D eigenvalue weighted by molar-refractivity contribution is 0.575. The van der Waals surface area contributed by atoms with Crippen LogP contribution in [0.3, 0.4) is 0 Å². The van der Waals surface area contributed by atoms with Gasteiger partial charge in [-0.2, -0.15) is 0 Å². The Bertz CT molecular complexity index is 774. The maximum Gasteiger partial charge on any atom is 0.223 e. The summed E-state index contributed by atoms with van der Waals surface area (Å²) in [6, 6.07) is 18.5. The van der Waals surface area contributed by atoms with E-state index in [2.05, 4.69) is 49.3 Å². The summed E-state index contributed by atoms with van der Waals surface area (Å²) < 4.78 is 0. The van der Waals surface area contributed by atoms with Crippen LogP contribution < -0.4 is 5.32 Å². The SMILES string of the molecule is CC(C)(C)c1nc(NCc2ccccc2)nc2ccccc12. The van der Waals surface area contributed by atoms with Gasteiger partial charge in [-0.05, 0) is 11.6 Å². The molecule has 0 aliphatic heterocycles. The molecule has 0 unspecified atom stereocenters. The number of para-hydroxylation sites is 1. The second-order valence-corrected chi connectivity index (χ2v) is 6.50. The van der Waals surface area contributed by atoms with Crippen LogP contribution in [0, 0.1) is 0 Å². The minimum Gasteiger partial charge on any atom is -0.350 e. The quantitative estimate of drug-likeness (QED) is 0.770. The fourth-order valence-corrected chi connectivity index (χ4v) is 2.50. The first-order valence-corrected chi connectivity index (χ1v) is 7.59. The van der Waals surface area contributed by atoms with Gasteiger partial charge in [0.05, 0.1) is 11.2 Å². The molecular formula is C19H21N3. The van der Waals surface area contributed by atoms with E-state index in [1.807, 2.05) is 36.4 Å². The zero-order valence-electron chi connectivity index (χ0n) is 13.3. The average molecular weight is 291 g/mol. The van der Waals surface area contributed by atoms with Crippen molar-refractivity contribution in [2.75, 3.05) is 5.32 Å². The molecular weight excluding hydrogens is 270 g/mol. The van der Waals surface area contributed by atoms with Crippen LogP contribution in [0.4, 0.5) is 5.95 Å². The predicted octanol–water partition coefficient (Wildman–Crippen LogP) is 4.54. The third-order valence-corrected chi connectivity index (χ3v) is 3.61. The first kappa shape index (κ1) is 14.5. The van der Waals surface area contributed by atoms with Gasteiger partial charge in [0, 0.05) is 17.3 Å². The van der Waals surface area contributed by atoms with Crippen LogP contribution in [-0.2, 0) is 12.0 Å². The van der Waals surface area contributed by atoms with E-state index >= 15 is 0 Å². The number of nitrogens with one attached hydrogen (secondary N) is 1. The molecule has 0 bridgehead atoms. The molecule has 0 spiro atoms. The second kappa shape index (κ2) is 5.76. The molecule has 112 valence electrons. The number of rotatable bonds is 3. The van der Waals surface area contributed by atoms with Gasteiger partial charge in [0.25, 0.3) is 0 Å². The molecule has 1 aromatic heterocycles. The van der Waals surface area contributed by atoms with Crippen LogP contribution >= 0.6 is 0 Å². The van der Waals surface area contributed by atoms with Crippen molar-refractivity contribution < 1.29 is 0 Å². The van der Waals surface area contributed by atoms with Crippen molar-refractivity contribution in [2.24, 2.45) is 0 Å². The Morgan fingerprint density at radius 3 is 2.27 bits per heavy atom. The summed E-state index contributed by atoms with van der Waals surface area (Å²) in [5.41, 5.74) is 3.26. The third kappa shape index (κ3) is 3.08. The lowest BCUT2D eigenvalue weighted by atomic mass is 9.89. The highest BCUT2D eigenvalue weighted by Crippen LogP contribution is 2.28. The number of benzene rings is 2. The Balaban J connectivity index is 1.97. The molecule has 1 heterocycles. The Morgan fingerprint density at radius 1 is 0.864 bits per heavy atom. The topological polar surface area (TPSA) is 37.8 Å². The first-order valence-electron chi connectivity index (χ1n) is 7.59. The molecule has 0 aliphatic rings. The molecule has 3 aromatic rings. The Kier molecular flexibility index (Phi) is 3.80. The number of aromatic nitrogens is 2. The number of hydrogen-bond donors (Lipinski definition) is 1. The fourth-order valence-electron chi connectivity index (χ4n) is 2.50. The summed E-state index contributed by atoms with van der Waals surface area (Å²) in [5.74, 6) is 0.687. The number of hydrogen-bond acceptors (Lipinski definition) is 3. The van der Waals surface area contributed by atoms with Gasteiger partial charge in [-0.15, -0.1) is 0 Å². The fraction of sp³-hybridized carbons (Fsp3) is 0.263. The summed E-state index contributed by atoms with van der Waals surface area (Å²) in [7, 11) is 0. The standard InChI is InChI=1S/C19H21N3/c1-19(2,3)17-15-11-7-8-12-16(15)21-18(22-17)20-13-14-9-5-4-6-10-14/h4-12H,13H2,1-3H3,(H,20,21,22). The van der Waals surface area contributed by atoms with E-state index < -0.39 is 0 Å². The van der Waals surface area contributed by atoms with E-state index in [0.29, 0.717) is 5.95 Å². The van der Waals surface area contributed by atoms with Crippen LogP contribution in [0.15, 0.2) is 54.6 Å². The van der Waals surface area contributed by atoms with E-state index in [1.54, 1.807) is 0 Å². The molecule has 0 saturated heterocycles. The van der Waals surface area contributed by atoms with Gasteiger partial charge < -0.3 is 5.32 Å². The molecule has 0 radical (unpaired) electrons. The minimum atomic E-state index is -0.0221. The number of anilines is 1. The van der Waals surface area contributed by atoms with Gasteiger partial charge in [-0.3, -0.25) is 0 Å². The Labute approximate surface area is 131 Å². The monoisotopic (exact) mass is 291 g/mol. The highest BCUT2D eigenvalue weighted by Gasteiger charge is 2.20. The summed E-state index contributed by atoms with van der Waals surface area (Å²) in [4.78, 5) is 9.41. The largest absolute Gasteiger partial charge is 0.350 e. The van der Waals surface area contributed by atoms with Crippen LogP contribution in [-0.4, -0.2) is 9.97 Å². The van der Waals surface area contributed by atoms with E-state index in [4.69, 9.17) is 4.98 Å². The molecule has 0 saturated carbocycles. The number of fused-ring (bicyclic) bond motifs is 1. The Hall–Kier alpha value is -2.42. The van der Waals surface area contributed by atoms with Gasteiger partial charge in [-0.25, -0.2) is 9.97 Å². The zero-order chi connectivity index (χ0) is 15.6. The highest BCUT2D eigenvalue weighted by atomic mass is 15.1. The highest BCUT2D eigenvalue weighted by molar-refractivity contribution is 5.82. The molecule has 0 amide bonds. The van der Waals surface area contributed by atoms with Gasteiger partial charge in [0.15, 0.2) is 0 Å². The normalized spacial score (nSPS) is 11.6. The summed E-state index contributed by atoms with van der Waals surface area (Å²) in [6.45, 7) is 7.27. The van der Waals surface area contributed by atoms with E-state index in [0.717, 1.165) is 23.1 Å². The van der Waals surface area contributed by atoms with Crippen molar-refractivity contribution in [3.63, 3.8) is 0 Å². The van der Waals surface area contributed by atoms with Gasteiger partial charge >= 0.3 is 0 Å². The molecule has 3 nitrogen and oxygen atoms in total. The average Bonchev–Trinajstić information content (AvgIpc) is 2.52. The van der Waals surface area contributed by atoms with Crippen LogP contribution in [0.1, 0.15) is 32.0 Å². The van der Waals surface area contributed by atoms with Gasteiger partial charge in [0.2, 0.25) is 5.95 Å². The van der Waals surface area contributed by atoms with Crippen molar-refractivity contribution in [1.29, 1.82) is 0 Å². The van der Waals surface area contributed by atoms with Crippen molar-refractivity contribution in [1.82, 2.24) is 9.97 Å². The molecule has 0 atom stereocenters. The van der Waals surface area contributed by atoms with Crippen LogP contribution in [0.5, 0.6) is 0 Å². The molecule has 0 fully saturated rings. The molecule has 22 heavy (non-hydrogen) atoms. The molecule has 0 aliphatic carbocycles. The van der Waals surface area contributed by atoms with Crippen molar-refractivity contribution in [3.05, 3.63) is 65.9 Å². The molecule has 2 aromatic carbocycles. The van der Waals surface area contributed by atoms with E-state index in [1.165, 1.54) is 5.56 Å². The van der Waals surface area contributed by atoms with Crippen molar-refractivity contribution >= 4 is 16.9 Å². The lowest BCUT2D eigenvalue weighted by Gasteiger charge is -2.20. The second-order valence-electron chi connectivity index (χ2n) is 6.50. The van der Waals surface area contributed by atoms with Crippen LogP contribution in [0.25, 0.3) is 10.9 Å². The van der Waals surface area contributed by atoms with Crippen molar-refractivity contribution in [3.8, 4) is 0 Å². The van der Waals surface area contributed by atoms with Crippen LogP contribution in [0.2, 0.25) is 0 Å². The minimum absolute atomic E-state index is 0.0221. The maximum atomic E-state index is 4.77. The summed E-state index contributed by atoms with van der Waals surface area (Å²) >= 11 is 0. The third-order valence-electron chi connectivity index (χ3n) is 3.61. The first-order chi connectivity index (χ1) is 10.5. The molecule has 3 heteroatoms. The van der Waals surface area contributed by atoms with Gasteiger partial charge in [0.1, 0.15) is 0 Å². The predicted molar refractivity (Wildman–Crippen MR) is 92.0 cm³/mol. The smallest absolute Gasteiger partial charge is 0.223 e. The molecule has 1 N–H and O–H groups in total. The van der Waals surface area contributed by atoms with E-state index in [-0.39, 0.29) is 5.41 Å². The summed E-state index contributed by atoms with van der Waals surface area (Å²) in [5, 5.41) is 4.47. The maximum absolute atomic E-state index is 4.77. The number of nitrogens with zero attached hydrogens (tertiary/aromatic N) is 2. The molecule has 3 rings (SSSR count). The Morgan fingerprint density at radius 2 is 1.55 bits per heavy atom.